The first-order valence-corrected chi connectivity index (χ1v) is 7.00. The first kappa shape index (κ1) is 16.0. The Morgan fingerprint density at radius 3 is 2.26 bits per heavy atom. The summed E-state index contributed by atoms with van der Waals surface area (Å²) in [6, 6.07) is 9.11. The van der Waals surface area contributed by atoms with Gasteiger partial charge in [0.2, 0.25) is 5.91 Å². The molecule has 0 spiro atoms. The number of rotatable bonds is 3. The SMILES string of the molecule is CC[NH2+]CC.O=C1NC([S-])NNC1c1ccccc1. The second-order valence-electron chi connectivity index (χ2n) is 4.13. The minimum Gasteiger partial charge on any atom is -0.751 e. The van der Waals surface area contributed by atoms with Gasteiger partial charge < -0.3 is 23.3 Å². The summed E-state index contributed by atoms with van der Waals surface area (Å²) in [7, 11) is 0. The maximum Gasteiger partial charge on any atom is 0.242 e. The van der Waals surface area contributed by atoms with Crippen LogP contribution in [0, 0.1) is 0 Å². The highest BCUT2D eigenvalue weighted by atomic mass is 32.1. The fourth-order valence-corrected chi connectivity index (χ4v) is 1.83. The van der Waals surface area contributed by atoms with E-state index in [1.165, 1.54) is 13.1 Å². The molecular weight excluding hydrogens is 260 g/mol. The Hall–Kier alpha value is -1.08. The van der Waals surface area contributed by atoms with Gasteiger partial charge in [0.05, 0.1) is 13.1 Å². The molecule has 2 rings (SSSR count). The van der Waals surface area contributed by atoms with Crippen molar-refractivity contribution in [1.29, 1.82) is 0 Å². The predicted octanol–water partition coefficient (Wildman–Crippen LogP) is -0.628. The van der Waals surface area contributed by atoms with Crippen LogP contribution in [-0.2, 0) is 17.4 Å². The molecule has 106 valence electrons. The first-order chi connectivity index (χ1) is 9.19. The molecule has 1 aliphatic heterocycles. The average Bonchev–Trinajstić information content (AvgIpc) is 2.41. The molecule has 0 bridgehead atoms. The Bertz CT molecular complexity index is 372. The van der Waals surface area contributed by atoms with Crippen molar-refractivity contribution in [3.05, 3.63) is 35.9 Å². The summed E-state index contributed by atoms with van der Waals surface area (Å²) in [5.41, 5.74) is 6.14. The van der Waals surface area contributed by atoms with Crippen LogP contribution in [0.3, 0.4) is 0 Å². The lowest BCUT2D eigenvalue weighted by molar-refractivity contribution is -0.648. The molecule has 0 saturated carbocycles. The Morgan fingerprint density at radius 2 is 1.79 bits per heavy atom. The van der Waals surface area contributed by atoms with Crippen LogP contribution >= 0.6 is 0 Å². The molecule has 2 unspecified atom stereocenters. The summed E-state index contributed by atoms with van der Waals surface area (Å²) in [6.07, 6.45) is 0. The largest absolute Gasteiger partial charge is 0.751 e. The van der Waals surface area contributed by atoms with Crippen molar-refractivity contribution in [3.63, 3.8) is 0 Å². The van der Waals surface area contributed by atoms with E-state index in [0.717, 1.165) is 5.56 Å². The molecule has 5 nitrogen and oxygen atoms in total. The zero-order valence-electron chi connectivity index (χ0n) is 11.3. The van der Waals surface area contributed by atoms with Crippen LogP contribution in [0.4, 0.5) is 0 Å². The summed E-state index contributed by atoms with van der Waals surface area (Å²) in [4.78, 5) is 11.5. The van der Waals surface area contributed by atoms with Crippen molar-refractivity contribution in [2.45, 2.75) is 25.4 Å². The van der Waals surface area contributed by atoms with Crippen LogP contribution in [0.5, 0.6) is 0 Å². The van der Waals surface area contributed by atoms with Crippen molar-refractivity contribution in [3.8, 4) is 0 Å². The normalized spacial score (nSPS) is 22.2. The molecule has 0 aromatic heterocycles. The van der Waals surface area contributed by atoms with Crippen LogP contribution in [0.15, 0.2) is 30.3 Å². The number of amides is 1. The molecule has 1 heterocycles. The lowest BCUT2D eigenvalue weighted by atomic mass is 10.1. The van der Waals surface area contributed by atoms with E-state index in [9.17, 15) is 4.79 Å². The minimum absolute atomic E-state index is 0.102. The maximum absolute atomic E-state index is 11.5. The van der Waals surface area contributed by atoms with Gasteiger partial charge in [-0.1, -0.05) is 30.3 Å². The van der Waals surface area contributed by atoms with Crippen molar-refractivity contribution >= 4 is 18.5 Å². The summed E-state index contributed by atoms with van der Waals surface area (Å²) in [5, 5.41) is 4.88. The minimum atomic E-state index is -0.442. The standard InChI is InChI=1S/C9H11N3OS.C4H11N/c13-8-7(11-12-9(14)10-8)6-4-2-1-3-5-6;1-3-5-4-2/h1-5,7,9,11-12,14H,(H,10,13);5H,3-4H2,1-2H3. The Labute approximate surface area is 119 Å². The van der Waals surface area contributed by atoms with Gasteiger partial charge in [0.1, 0.15) is 6.04 Å². The summed E-state index contributed by atoms with van der Waals surface area (Å²) in [6.45, 7) is 6.75. The molecule has 1 aromatic carbocycles. The molecule has 1 fully saturated rings. The molecule has 2 atom stereocenters. The molecule has 19 heavy (non-hydrogen) atoms. The lowest BCUT2D eigenvalue weighted by Gasteiger charge is -2.35. The third-order valence-corrected chi connectivity index (χ3v) is 2.84. The lowest BCUT2D eigenvalue weighted by Crippen LogP contribution is -2.82. The van der Waals surface area contributed by atoms with Crippen LogP contribution in [0.2, 0.25) is 0 Å². The Morgan fingerprint density at radius 1 is 1.16 bits per heavy atom. The van der Waals surface area contributed by atoms with Crippen LogP contribution in [0.25, 0.3) is 0 Å². The smallest absolute Gasteiger partial charge is 0.242 e. The van der Waals surface area contributed by atoms with E-state index in [1.807, 2.05) is 30.3 Å². The second kappa shape index (κ2) is 8.92. The number of quaternary nitrogens is 1. The average molecular weight is 282 g/mol. The van der Waals surface area contributed by atoms with E-state index in [4.69, 9.17) is 12.6 Å². The quantitative estimate of drug-likeness (QED) is 0.557. The van der Waals surface area contributed by atoms with Crippen LogP contribution in [0.1, 0.15) is 25.5 Å². The molecule has 1 amide bonds. The number of hydrazine groups is 1. The Kier molecular flexibility index (Phi) is 7.50. The van der Waals surface area contributed by atoms with Crippen LogP contribution < -0.4 is 21.5 Å². The van der Waals surface area contributed by atoms with Crippen molar-refractivity contribution < 1.29 is 10.1 Å². The topological polar surface area (TPSA) is 69.8 Å². The molecule has 0 radical (unpaired) electrons. The Balaban J connectivity index is 0.000000312. The molecule has 6 heteroatoms. The fraction of sp³-hybridized carbons (Fsp3) is 0.462. The van der Waals surface area contributed by atoms with Gasteiger partial charge in [-0.3, -0.25) is 10.2 Å². The van der Waals surface area contributed by atoms with E-state index in [-0.39, 0.29) is 11.9 Å². The van der Waals surface area contributed by atoms with Gasteiger partial charge in [0, 0.05) is 0 Å². The third-order valence-electron chi connectivity index (χ3n) is 2.60. The monoisotopic (exact) mass is 282 g/mol. The zero-order chi connectivity index (χ0) is 14.1. The second-order valence-corrected chi connectivity index (χ2v) is 4.60. The maximum atomic E-state index is 11.5. The highest BCUT2D eigenvalue weighted by molar-refractivity contribution is 7.59. The van der Waals surface area contributed by atoms with E-state index < -0.39 is 5.50 Å². The molecule has 1 aromatic rings. The first-order valence-electron chi connectivity index (χ1n) is 6.52. The van der Waals surface area contributed by atoms with Gasteiger partial charge in [-0.15, -0.1) is 0 Å². The van der Waals surface area contributed by atoms with Crippen molar-refractivity contribution in [2.24, 2.45) is 0 Å². The predicted molar refractivity (Wildman–Crippen MR) is 77.8 cm³/mol. The van der Waals surface area contributed by atoms with Gasteiger partial charge in [0.25, 0.3) is 0 Å². The molecule has 0 aliphatic carbocycles. The molecule has 1 saturated heterocycles. The highest BCUT2D eigenvalue weighted by Gasteiger charge is 2.23. The van der Waals surface area contributed by atoms with Gasteiger partial charge in [-0.05, 0) is 24.9 Å². The summed E-state index contributed by atoms with van der Waals surface area (Å²) in [5.74, 6) is -0.102. The molecular formula is C13H22N4OS. The number of carbonyl (C=O) groups excluding carboxylic acids is 1. The highest BCUT2D eigenvalue weighted by Crippen LogP contribution is 2.13. The molecule has 1 aliphatic rings. The van der Waals surface area contributed by atoms with E-state index in [1.54, 1.807) is 0 Å². The number of hydrogen-bond acceptors (Lipinski definition) is 4. The van der Waals surface area contributed by atoms with Gasteiger partial charge >= 0.3 is 0 Å². The van der Waals surface area contributed by atoms with Gasteiger partial charge in [-0.25, -0.2) is 5.43 Å². The number of benzene rings is 1. The number of carbonyl (C=O) groups is 1. The van der Waals surface area contributed by atoms with Crippen molar-refractivity contribution in [2.75, 3.05) is 13.1 Å². The summed E-state index contributed by atoms with van der Waals surface area (Å²) < 4.78 is 0. The van der Waals surface area contributed by atoms with E-state index >= 15 is 0 Å². The zero-order valence-corrected chi connectivity index (χ0v) is 12.2. The summed E-state index contributed by atoms with van der Waals surface area (Å²) >= 11 is 4.86. The van der Waals surface area contributed by atoms with Crippen molar-refractivity contribution in [1.82, 2.24) is 16.2 Å². The third kappa shape index (κ3) is 5.61. The fourth-order valence-electron chi connectivity index (χ4n) is 1.64. The van der Waals surface area contributed by atoms with Gasteiger partial charge in [-0.2, -0.15) is 0 Å². The number of nitrogens with one attached hydrogen (secondary N) is 3. The molecule has 5 N–H and O–H groups in total. The number of hydrogen-bond donors (Lipinski definition) is 4. The van der Waals surface area contributed by atoms with E-state index in [0.29, 0.717) is 0 Å². The van der Waals surface area contributed by atoms with Gasteiger partial charge in [0.15, 0.2) is 0 Å². The van der Waals surface area contributed by atoms with E-state index in [2.05, 4.69) is 35.3 Å². The number of nitrogens with two attached hydrogens (primary N) is 1. The van der Waals surface area contributed by atoms with Crippen LogP contribution in [-0.4, -0.2) is 24.5 Å².